The van der Waals surface area contributed by atoms with Crippen LogP contribution in [0.4, 0.5) is 0 Å². The van der Waals surface area contributed by atoms with Gasteiger partial charge in [0, 0.05) is 17.8 Å². The average Bonchev–Trinajstić information content (AvgIpc) is 2.90. The Morgan fingerprint density at radius 1 is 1.55 bits per heavy atom. The van der Waals surface area contributed by atoms with E-state index in [1.54, 1.807) is 11.3 Å². The largest absolute Gasteiger partial charge is 0.271 e. The number of nitrogens with one attached hydrogen (secondary N) is 1. The lowest BCUT2D eigenvalue weighted by Gasteiger charge is -2.16. The zero-order valence-electron chi connectivity index (χ0n) is 11.7. The molecule has 0 bridgehead atoms. The molecule has 1 unspecified atom stereocenters. The fraction of sp³-hybridized carbons (Fsp3) is 0.462. The standard InChI is InChI=1S/C13H18BrClN4S/c1-4-19-10(11(14)8(3)18-19)5-9(17-16)13-12(15)7(2)6-20-13/h6,9,17H,4-5,16H2,1-3H3. The number of nitrogens with two attached hydrogens (primary N) is 1. The topological polar surface area (TPSA) is 55.9 Å². The average molecular weight is 378 g/mol. The summed E-state index contributed by atoms with van der Waals surface area (Å²) in [4.78, 5) is 1.07. The van der Waals surface area contributed by atoms with E-state index in [0.29, 0.717) is 0 Å². The molecule has 3 N–H and O–H groups in total. The van der Waals surface area contributed by atoms with Crippen molar-refractivity contribution in [1.29, 1.82) is 0 Å². The molecular weight excluding hydrogens is 360 g/mol. The molecule has 0 saturated carbocycles. The highest BCUT2D eigenvalue weighted by Gasteiger charge is 2.21. The maximum Gasteiger partial charge on any atom is 0.0738 e. The number of rotatable bonds is 5. The van der Waals surface area contributed by atoms with Crippen molar-refractivity contribution in [2.24, 2.45) is 5.84 Å². The molecule has 2 rings (SSSR count). The lowest BCUT2D eigenvalue weighted by molar-refractivity contribution is 0.522. The highest BCUT2D eigenvalue weighted by atomic mass is 79.9. The van der Waals surface area contributed by atoms with E-state index in [4.69, 9.17) is 17.4 Å². The van der Waals surface area contributed by atoms with Gasteiger partial charge in [-0.05, 0) is 47.6 Å². The minimum atomic E-state index is -0.0149. The van der Waals surface area contributed by atoms with Crippen LogP contribution in [0.5, 0.6) is 0 Å². The smallest absolute Gasteiger partial charge is 0.0738 e. The Morgan fingerprint density at radius 3 is 2.75 bits per heavy atom. The van der Waals surface area contributed by atoms with E-state index >= 15 is 0 Å². The van der Waals surface area contributed by atoms with Crippen LogP contribution >= 0.6 is 38.9 Å². The molecular formula is C13H18BrClN4S. The maximum absolute atomic E-state index is 6.35. The highest BCUT2D eigenvalue weighted by Crippen LogP contribution is 2.35. The number of halogens is 2. The maximum atomic E-state index is 6.35. The third kappa shape index (κ3) is 2.94. The Labute approximate surface area is 136 Å². The first kappa shape index (κ1) is 16.0. The van der Waals surface area contributed by atoms with Crippen LogP contribution in [0.1, 0.15) is 34.8 Å². The summed E-state index contributed by atoms with van der Waals surface area (Å²) in [6.07, 6.45) is 0.742. The summed E-state index contributed by atoms with van der Waals surface area (Å²) >= 11 is 11.6. The Morgan fingerprint density at radius 2 is 2.25 bits per heavy atom. The van der Waals surface area contributed by atoms with Gasteiger partial charge in [-0.25, -0.2) is 0 Å². The summed E-state index contributed by atoms with van der Waals surface area (Å²) in [5.74, 6) is 5.73. The van der Waals surface area contributed by atoms with Crippen LogP contribution in [0, 0.1) is 13.8 Å². The van der Waals surface area contributed by atoms with E-state index in [2.05, 4.69) is 38.8 Å². The summed E-state index contributed by atoms with van der Waals surface area (Å²) in [5.41, 5.74) is 6.09. The number of nitrogens with zero attached hydrogens (tertiary/aromatic N) is 2. The fourth-order valence-corrected chi connectivity index (χ4v) is 4.00. The monoisotopic (exact) mass is 376 g/mol. The van der Waals surface area contributed by atoms with Gasteiger partial charge in [0.1, 0.15) is 0 Å². The first-order chi connectivity index (χ1) is 9.49. The summed E-state index contributed by atoms with van der Waals surface area (Å²) < 4.78 is 3.04. The van der Waals surface area contributed by atoms with Gasteiger partial charge in [0.15, 0.2) is 0 Å². The predicted octanol–water partition coefficient (Wildman–Crippen LogP) is 3.74. The Hall–Kier alpha value is -0.400. The van der Waals surface area contributed by atoms with E-state index in [1.807, 2.05) is 18.5 Å². The van der Waals surface area contributed by atoms with E-state index in [9.17, 15) is 0 Å². The van der Waals surface area contributed by atoms with Crippen molar-refractivity contribution in [1.82, 2.24) is 15.2 Å². The fourth-order valence-electron chi connectivity index (χ4n) is 2.17. The van der Waals surface area contributed by atoms with E-state index in [0.717, 1.165) is 44.3 Å². The van der Waals surface area contributed by atoms with Crippen molar-refractivity contribution in [3.63, 3.8) is 0 Å². The van der Waals surface area contributed by atoms with Gasteiger partial charge in [0.25, 0.3) is 0 Å². The van der Waals surface area contributed by atoms with Gasteiger partial charge >= 0.3 is 0 Å². The van der Waals surface area contributed by atoms with Crippen molar-refractivity contribution in [3.05, 3.63) is 36.7 Å². The van der Waals surface area contributed by atoms with E-state index < -0.39 is 0 Å². The zero-order chi connectivity index (χ0) is 14.9. The second-order valence-electron chi connectivity index (χ2n) is 4.68. The molecule has 20 heavy (non-hydrogen) atoms. The molecule has 1 atom stereocenters. The molecule has 0 aliphatic rings. The molecule has 0 spiro atoms. The first-order valence-electron chi connectivity index (χ1n) is 6.40. The molecule has 4 nitrogen and oxygen atoms in total. The molecule has 2 heterocycles. The number of aromatic nitrogens is 2. The van der Waals surface area contributed by atoms with Crippen LogP contribution in [0.25, 0.3) is 0 Å². The summed E-state index contributed by atoms with van der Waals surface area (Å²) in [7, 11) is 0. The minimum Gasteiger partial charge on any atom is -0.271 e. The highest BCUT2D eigenvalue weighted by molar-refractivity contribution is 9.10. The quantitative estimate of drug-likeness (QED) is 0.616. The molecule has 0 aromatic carbocycles. The molecule has 7 heteroatoms. The van der Waals surface area contributed by atoms with Crippen molar-refractivity contribution in [2.75, 3.05) is 0 Å². The normalized spacial score (nSPS) is 12.9. The first-order valence-corrected chi connectivity index (χ1v) is 8.46. The molecule has 0 aliphatic carbocycles. The van der Waals surface area contributed by atoms with Gasteiger partial charge in [-0.15, -0.1) is 11.3 Å². The van der Waals surface area contributed by atoms with Gasteiger partial charge in [-0.2, -0.15) is 5.10 Å². The molecule has 2 aromatic heterocycles. The second-order valence-corrected chi connectivity index (χ2v) is 6.76. The van der Waals surface area contributed by atoms with Gasteiger partial charge in [0.05, 0.1) is 26.9 Å². The number of aryl methyl sites for hydroxylation is 3. The lowest BCUT2D eigenvalue weighted by atomic mass is 10.1. The summed E-state index contributed by atoms with van der Waals surface area (Å²) in [6.45, 7) is 6.91. The number of thiophene rings is 1. The van der Waals surface area contributed by atoms with Gasteiger partial charge in [0.2, 0.25) is 0 Å². The molecule has 0 radical (unpaired) electrons. The van der Waals surface area contributed by atoms with Gasteiger partial charge in [-0.1, -0.05) is 11.6 Å². The SMILES string of the molecule is CCn1nc(C)c(Br)c1CC(NN)c1scc(C)c1Cl. The van der Waals surface area contributed by atoms with Crippen molar-refractivity contribution in [2.45, 2.75) is 39.8 Å². The van der Waals surface area contributed by atoms with Gasteiger partial charge in [-0.3, -0.25) is 16.0 Å². The van der Waals surface area contributed by atoms with E-state index in [-0.39, 0.29) is 6.04 Å². The van der Waals surface area contributed by atoms with Crippen molar-refractivity contribution < 1.29 is 0 Å². The molecule has 0 aliphatic heterocycles. The number of hydrazine groups is 1. The molecule has 110 valence electrons. The van der Waals surface area contributed by atoms with Crippen LogP contribution in [0.2, 0.25) is 5.02 Å². The van der Waals surface area contributed by atoms with Crippen LogP contribution < -0.4 is 11.3 Å². The number of hydrogen-bond acceptors (Lipinski definition) is 4. The van der Waals surface area contributed by atoms with Crippen molar-refractivity contribution >= 4 is 38.9 Å². The lowest BCUT2D eigenvalue weighted by Crippen LogP contribution is -2.30. The van der Waals surface area contributed by atoms with Crippen LogP contribution in [-0.2, 0) is 13.0 Å². The molecule has 0 amide bonds. The summed E-state index contributed by atoms with van der Waals surface area (Å²) in [5, 5.41) is 7.36. The van der Waals surface area contributed by atoms with Crippen molar-refractivity contribution in [3.8, 4) is 0 Å². The van der Waals surface area contributed by atoms with Crippen LogP contribution in [-0.4, -0.2) is 9.78 Å². The zero-order valence-corrected chi connectivity index (χ0v) is 14.9. The predicted molar refractivity (Wildman–Crippen MR) is 88.2 cm³/mol. The van der Waals surface area contributed by atoms with Gasteiger partial charge < -0.3 is 0 Å². The van der Waals surface area contributed by atoms with Crippen LogP contribution in [0.15, 0.2) is 9.85 Å². The summed E-state index contributed by atoms with van der Waals surface area (Å²) in [6, 6.07) is -0.0149. The van der Waals surface area contributed by atoms with Crippen LogP contribution in [0.3, 0.4) is 0 Å². The second kappa shape index (κ2) is 6.58. The Kier molecular flexibility index (Phi) is 5.25. The Bertz CT molecular complexity index is 608. The minimum absolute atomic E-state index is 0.0149. The molecule has 0 saturated heterocycles. The Balaban J connectivity index is 2.34. The third-order valence-electron chi connectivity index (χ3n) is 3.29. The molecule has 0 fully saturated rings. The molecule has 2 aromatic rings. The number of hydrogen-bond donors (Lipinski definition) is 2. The third-order valence-corrected chi connectivity index (χ3v) is 6.15. The van der Waals surface area contributed by atoms with E-state index in [1.165, 1.54) is 0 Å².